The molecule has 0 amide bonds. The summed E-state index contributed by atoms with van der Waals surface area (Å²) in [5, 5.41) is 0. The number of benzene rings is 2. The highest BCUT2D eigenvalue weighted by Crippen LogP contribution is 2.60. The molecule has 17 heteroatoms. The molecule has 0 radical (unpaired) electrons. The molecule has 0 saturated carbocycles. The van der Waals surface area contributed by atoms with E-state index in [1.807, 2.05) is 0 Å². The molecule has 0 aliphatic rings. The van der Waals surface area contributed by atoms with Crippen LogP contribution in [0.3, 0.4) is 0 Å². The molecule has 36 heavy (non-hydrogen) atoms. The Bertz CT molecular complexity index is 1420. The summed E-state index contributed by atoms with van der Waals surface area (Å²) in [4.78, 5) is 30.6. The maximum atomic E-state index is 14.0. The molecule has 0 unspecified atom stereocenters. The van der Waals surface area contributed by atoms with Crippen molar-refractivity contribution in [3.8, 4) is 0 Å². The number of aromatic nitrogens is 2. The molecule has 0 bridgehead atoms. The van der Waals surface area contributed by atoms with Crippen LogP contribution < -0.4 is 5.69 Å². The van der Waals surface area contributed by atoms with E-state index in [-0.39, 0.29) is 23.1 Å². The van der Waals surface area contributed by atoms with Crippen LogP contribution in [0.15, 0.2) is 62.5 Å². The van der Waals surface area contributed by atoms with Crippen molar-refractivity contribution in [2.75, 3.05) is 0 Å². The number of rotatable bonds is 10. The largest absolute Gasteiger partial charge is 0.399 e. The van der Waals surface area contributed by atoms with E-state index in [4.69, 9.17) is 9.79 Å². The van der Waals surface area contributed by atoms with Crippen LogP contribution in [-0.4, -0.2) is 18.9 Å². The summed E-state index contributed by atoms with van der Waals surface area (Å²) in [5.74, 6) is 0. The maximum absolute atomic E-state index is 14.0. The predicted molar refractivity (Wildman–Crippen MR) is 127 cm³/mol. The van der Waals surface area contributed by atoms with Crippen LogP contribution in [0.25, 0.3) is 0 Å². The Kier molecular flexibility index (Phi) is 8.89. The molecule has 196 valence electrons. The van der Waals surface area contributed by atoms with Gasteiger partial charge >= 0.3 is 26.5 Å². The van der Waals surface area contributed by atoms with E-state index in [2.05, 4.69) is 41.3 Å². The molecule has 0 atom stereocenters. The normalized spacial score (nSPS) is 12.8. The lowest BCUT2D eigenvalue weighted by molar-refractivity contribution is -0.0881. The van der Waals surface area contributed by atoms with Gasteiger partial charge in [0.1, 0.15) is 0 Å². The van der Waals surface area contributed by atoms with Gasteiger partial charge in [-0.3, -0.25) is 18.3 Å². The number of nitrogens with zero attached hydrogens (tertiary/aromatic N) is 2. The van der Waals surface area contributed by atoms with Gasteiger partial charge in [-0.25, -0.2) is 4.79 Å². The second-order valence-corrected chi connectivity index (χ2v) is 12.7. The van der Waals surface area contributed by atoms with Crippen LogP contribution in [0.5, 0.6) is 0 Å². The van der Waals surface area contributed by atoms with Gasteiger partial charge in [0.05, 0.1) is 19.3 Å². The zero-order chi connectivity index (χ0) is 26.9. The van der Waals surface area contributed by atoms with Crippen LogP contribution in [0.2, 0.25) is 0 Å². The Labute approximate surface area is 217 Å². The van der Waals surface area contributed by atoms with Crippen molar-refractivity contribution in [3.63, 3.8) is 0 Å². The number of alkyl halides is 2. The lowest BCUT2D eigenvalue weighted by atomic mass is 10.1. The molecular weight excluding hydrogens is 666 g/mol. The number of hydrogen-bond acceptors (Lipinski definition) is 5. The minimum atomic E-state index is -5.74. The minimum Gasteiger partial charge on any atom is -0.320 e. The van der Waals surface area contributed by atoms with E-state index >= 15 is 0 Å². The zero-order valence-electron chi connectivity index (χ0n) is 17.7. The summed E-state index contributed by atoms with van der Waals surface area (Å²) >= 11 is 6.10. The van der Waals surface area contributed by atoms with Crippen molar-refractivity contribution < 1.29 is 46.2 Å². The molecule has 1 aromatic heterocycles. The maximum Gasteiger partial charge on any atom is 0.399 e. The highest BCUT2D eigenvalue weighted by atomic mass is 79.9. The van der Waals surface area contributed by atoms with Crippen LogP contribution in [0.4, 0.5) is 17.8 Å². The van der Waals surface area contributed by atoms with Gasteiger partial charge in [0.2, 0.25) is 0 Å². The Morgan fingerprint density at radius 2 is 1.39 bits per heavy atom. The first-order chi connectivity index (χ1) is 16.7. The molecule has 3 rings (SSSR count). The molecule has 3 aromatic rings. The lowest BCUT2D eigenvalue weighted by Crippen LogP contribution is -2.25. The summed E-state index contributed by atoms with van der Waals surface area (Å²) in [6.07, 6.45) is 2.27. The molecule has 0 aliphatic heterocycles. The van der Waals surface area contributed by atoms with Gasteiger partial charge in [0.15, 0.2) is 0 Å². The fourth-order valence-corrected chi connectivity index (χ4v) is 6.16. The van der Waals surface area contributed by atoms with Crippen molar-refractivity contribution in [3.05, 3.63) is 90.5 Å². The van der Waals surface area contributed by atoms with Crippen LogP contribution in [-0.2, 0) is 43.5 Å². The van der Waals surface area contributed by atoms with E-state index in [9.17, 15) is 31.8 Å². The van der Waals surface area contributed by atoms with E-state index in [0.29, 0.717) is 15.6 Å². The smallest absolute Gasteiger partial charge is 0.320 e. The van der Waals surface area contributed by atoms with Crippen molar-refractivity contribution in [1.82, 2.24) is 9.13 Å². The summed E-state index contributed by atoms with van der Waals surface area (Å²) in [5.41, 5.74) is -4.46. The van der Waals surface area contributed by atoms with E-state index in [0.717, 1.165) is 6.07 Å². The standard InChI is InChI=1S/C19H16Br2F4N2O7P2/c20-16-7-12(1-3-14(16)11-35(29,33-24)34-25)9-26-5-6-27(18(26)28)10-13-2-4-15(17(21)8-13)19(22,23)36(30,31)32/h1-8H,9-11H2,(H2,30,31,32). The number of hydrogen-bond donors (Lipinski definition) is 2. The predicted octanol–water partition coefficient (Wildman–Crippen LogP) is 5.99. The van der Waals surface area contributed by atoms with Crippen molar-refractivity contribution in [2.24, 2.45) is 0 Å². The number of imidazole rings is 1. The Morgan fingerprint density at radius 1 is 0.889 bits per heavy atom. The summed E-state index contributed by atoms with van der Waals surface area (Å²) in [6, 6.07) is 7.86. The Morgan fingerprint density at radius 3 is 1.83 bits per heavy atom. The van der Waals surface area contributed by atoms with Crippen LogP contribution in [0.1, 0.15) is 22.3 Å². The lowest BCUT2D eigenvalue weighted by Gasteiger charge is -2.19. The fraction of sp³-hybridized carbons (Fsp3) is 0.211. The molecule has 1 heterocycles. The monoisotopic (exact) mass is 680 g/mol. The molecular formula is C19H16Br2F4N2O7P2. The van der Waals surface area contributed by atoms with E-state index in [1.165, 1.54) is 39.7 Å². The second kappa shape index (κ2) is 11.0. The molecule has 2 N–H and O–H groups in total. The molecule has 0 saturated heterocycles. The summed E-state index contributed by atoms with van der Waals surface area (Å²) < 4.78 is 84.4. The quantitative estimate of drug-likeness (QED) is 0.199. The Hall–Kier alpha value is -1.57. The van der Waals surface area contributed by atoms with Gasteiger partial charge in [-0.05, 0) is 37.9 Å². The first-order valence-corrected chi connectivity index (χ1v) is 14.6. The van der Waals surface area contributed by atoms with Crippen molar-refractivity contribution in [1.29, 1.82) is 0 Å². The topological polar surface area (TPSA) is 120 Å². The Balaban J connectivity index is 1.77. The minimum absolute atomic E-state index is 0.0173. The molecule has 0 fully saturated rings. The average Bonchev–Trinajstić information content (AvgIpc) is 3.13. The van der Waals surface area contributed by atoms with E-state index in [1.54, 1.807) is 12.1 Å². The van der Waals surface area contributed by atoms with Gasteiger partial charge in [-0.15, -0.1) is 9.46 Å². The SMILES string of the molecule is O=c1n(Cc2ccc(CP(=O)(OF)OF)c(Br)c2)ccn1Cc1ccc(C(F)(F)P(=O)(O)O)c(Br)c1. The first-order valence-electron chi connectivity index (χ1n) is 9.65. The van der Waals surface area contributed by atoms with Gasteiger partial charge < -0.3 is 9.79 Å². The van der Waals surface area contributed by atoms with Gasteiger partial charge in [-0.2, -0.15) is 8.78 Å². The molecule has 0 aliphatic carbocycles. The van der Waals surface area contributed by atoms with Crippen LogP contribution in [0, 0.1) is 0 Å². The molecule has 0 spiro atoms. The highest BCUT2D eigenvalue weighted by molar-refractivity contribution is 9.10. The van der Waals surface area contributed by atoms with E-state index < -0.39 is 38.3 Å². The van der Waals surface area contributed by atoms with Crippen molar-refractivity contribution >= 4 is 47.1 Å². The number of halogens is 6. The average molecular weight is 682 g/mol. The van der Waals surface area contributed by atoms with Gasteiger partial charge in [0.25, 0.3) is 0 Å². The fourth-order valence-electron chi connectivity index (χ4n) is 3.23. The third-order valence-electron chi connectivity index (χ3n) is 5.04. The van der Waals surface area contributed by atoms with Crippen LogP contribution >= 0.6 is 47.1 Å². The van der Waals surface area contributed by atoms with Gasteiger partial charge in [0, 0.05) is 26.9 Å². The highest BCUT2D eigenvalue weighted by Gasteiger charge is 2.51. The second-order valence-electron chi connectivity index (χ2n) is 7.57. The van der Waals surface area contributed by atoms with Gasteiger partial charge in [-0.1, -0.05) is 56.1 Å². The summed E-state index contributed by atoms with van der Waals surface area (Å²) in [7, 11) is -10.3. The first kappa shape index (κ1) is 29.0. The van der Waals surface area contributed by atoms with Crippen molar-refractivity contribution in [2.45, 2.75) is 24.9 Å². The summed E-state index contributed by atoms with van der Waals surface area (Å²) in [6.45, 7) is 0.0787. The molecule has 2 aromatic carbocycles. The zero-order valence-corrected chi connectivity index (χ0v) is 22.7. The molecule has 9 nitrogen and oxygen atoms in total. The third-order valence-corrected chi connectivity index (χ3v) is 8.55. The third kappa shape index (κ3) is 6.28.